The van der Waals surface area contributed by atoms with Crippen LogP contribution < -0.4 is 10.1 Å². The van der Waals surface area contributed by atoms with Gasteiger partial charge in [-0.15, -0.1) is 0 Å². The van der Waals surface area contributed by atoms with Crippen LogP contribution in [-0.4, -0.2) is 34.7 Å². The molecule has 1 aromatic heterocycles. The largest absolute Gasteiger partial charge is 0.482 e. The Bertz CT molecular complexity index is 1030. The topological polar surface area (TPSA) is 80.6 Å². The molecule has 0 aliphatic heterocycles. The van der Waals surface area contributed by atoms with Gasteiger partial charge in [-0.25, -0.2) is 9.18 Å². The van der Waals surface area contributed by atoms with Crippen LogP contribution in [0.4, 0.5) is 4.39 Å². The van der Waals surface area contributed by atoms with Crippen LogP contribution in [0.25, 0.3) is 10.9 Å². The number of nitrogens with zero attached hydrogens (tertiary/aromatic N) is 1. The first-order valence-corrected chi connectivity index (χ1v) is 8.84. The Hall–Kier alpha value is -3.35. The Labute approximate surface area is 161 Å². The molecule has 0 fully saturated rings. The van der Waals surface area contributed by atoms with Gasteiger partial charge in [-0.1, -0.05) is 6.07 Å². The minimum Gasteiger partial charge on any atom is -0.482 e. The summed E-state index contributed by atoms with van der Waals surface area (Å²) in [6.07, 6.45) is 0. The van der Waals surface area contributed by atoms with E-state index in [2.05, 4.69) is 5.32 Å². The minimum atomic E-state index is -1.07. The highest BCUT2D eigenvalue weighted by atomic mass is 19.1. The maximum absolute atomic E-state index is 14.3. The van der Waals surface area contributed by atoms with Crippen LogP contribution in [0.15, 0.2) is 42.5 Å². The van der Waals surface area contributed by atoms with Gasteiger partial charge >= 0.3 is 5.97 Å². The molecule has 0 bridgehead atoms. The van der Waals surface area contributed by atoms with Gasteiger partial charge in [0.25, 0.3) is 5.91 Å². The van der Waals surface area contributed by atoms with Gasteiger partial charge in [0, 0.05) is 29.7 Å². The second kappa shape index (κ2) is 8.12. The lowest BCUT2D eigenvalue weighted by molar-refractivity contribution is -0.139. The summed E-state index contributed by atoms with van der Waals surface area (Å²) in [6, 6.07) is 11.4. The fraction of sp³-hybridized carbons (Fsp3) is 0.238. The number of halogens is 1. The van der Waals surface area contributed by atoms with Crippen molar-refractivity contribution in [3.05, 3.63) is 65.1 Å². The third-order valence-corrected chi connectivity index (χ3v) is 4.53. The molecule has 6 nitrogen and oxygen atoms in total. The number of carbonyl (C=O) groups is 2. The maximum Gasteiger partial charge on any atom is 0.341 e. The second-order valence-electron chi connectivity index (χ2n) is 6.53. The SMILES string of the molecule is Cc1ccc(F)c2c1cc(C)n2CCNC(=O)c1ccc(OCC(=O)O)cc1. The third-order valence-electron chi connectivity index (χ3n) is 4.53. The van der Waals surface area contributed by atoms with E-state index >= 15 is 0 Å². The van der Waals surface area contributed by atoms with Crippen molar-refractivity contribution in [1.29, 1.82) is 0 Å². The highest BCUT2D eigenvalue weighted by Gasteiger charge is 2.13. The smallest absolute Gasteiger partial charge is 0.341 e. The number of carbonyl (C=O) groups excluding carboxylic acids is 1. The summed E-state index contributed by atoms with van der Waals surface area (Å²) in [7, 11) is 0. The maximum atomic E-state index is 14.3. The fourth-order valence-electron chi connectivity index (χ4n) is 3.12. The Balaban J connectivity index is 1.63. The van der Waals surface area contributed by atoms with Gasteiger partial charge in [0.15, 0.2) is 6.61 Å². The molecule has 0 unspecified atom stereocenters. The summed E-state index contributed by atoms with van der Waals surface area (Å²) < 4.78 is 21.2. The highest BCUT2D eigenvalue weighted by Crippen LogP contribution is 2.25. The number of amides is 1. The summed E-state index contributed by atoms with van der Waals surface area (Å²) in [5, 5.41) is 12.3. The number of carboxylic acids is 1. The molecule has 1 amide bonds. The molecule has 3 rings (SSSR count). The zero-order chi connectivity index (χ0) is 20.3. The number of hydrogen-bond donors (Lipinski definition) is 2. The molecular weight excluding hydrogens is 363 g/mol. The molecule has 28 heavy (non-hydrogen) atoms. The van der Waals surface area contributed by atoms with E-state index in [1.807, 2.05) is 24.5 Å². The van der Waals surface area contributed by atoms with Crippen LogP contribution in [0, 0.1) is 19.7 Å². The van der Waals surface area contributed by atoms with Crippen molar-refractivity contribution in [3.63, 3.8) is 0 Å². The molecule has 0 aliphatic rings. The van der Waals surface area contributed by atoms with Crippen molar-refractivity contribution in [1.82, 2.24) is 9.88 Å². The Morgan fingerprint density at radius 3 is 2.54 bits per heavy atom. The van der Waals surface area contributed by atoms with Crippen molar-refractivity contribution < 1.29 is 23.8 Å². The van der Waals surface area contributed by atoms with Crippen LogP contribution in [0.3, 0.4) is 0 Å². The van der Waals surface area contributed by atoms with E-state index in [1.165, 1.54) is 6.07 Å². The van der Waals surface area contributed by atoms with Gasteiger partial charge in [0.2, 0.25) is 0 Å². The highest BCUT2D eigenvalue weighted by molar-refractivity contribution is 5.94. The lowest BCUT2D eigenvalue weighted by atomic mass is 10.1. The van der Waals surface area contributed by atoms with Gasteiger partial charge < -0.3 is 19.7 Å². The molecule has 1 heterocycles. The van der Waals surface area contributed by atoms with Gasteiger partial charge in [-0.05, 0) is 55.8 Å². The first kappa shape index (κ1) is 19.4. The summed E-state index contributed by atoms with van der Waals surface area (Å²) in [6.45, 7) is 4.20. The van der Waals surface area contributed by atoms with Gasteiger partial charge in [-0.2, -0.15) is 0 Å². The number of benzene rings is 2. The van der Waals surface area contributed by atoms with Crippen molar-refractivity contribution in [2.75, 3.05) is 13.2 Å². The number of ether oxygens (including phenoxy) is 1. The van der Waals surface area contributed by atoms with Crippen LogP contribution in [0.5, 0.6) is 5.75 Å². The van der Waals surface area contributed by atoms with Crippen molar-refractivity contribution in [2.24, 2.45) is 0 Å². The Morgan fingerprint density at radius 1 is 1.14 bits per heavy atom. The van der Waals surface area contributed by atoms with Crippen molar-refractivity contribution >= 4 is 22.8 Å². The summed E-state index contributed by atoms with van der Waals surface area (Å²) in [4.78, 5) is 22.8. The summed E-state index contributed by atoms with van der Waals surface area (Å²) >= 11 is 0. The van der Waals surface area contributed by atoms with Gasteiger partial charge in [0.1, 0.15) is 11.6 Å². The van der Waals surface area contributed by atoms with Gasteiger partial charge in [0.05, 0.1) is 5.52 Å². The number of rotatable bonds is 7. The van der Waals surface area contributed by atoms with E-state index < -0.39 is 12.6 Å². The monoisotopic (exact) mass is 384 g/mol. The molecule has 0 atom stereocenters. The standard InChI is InChI=1S/C21H21FN2O4/c1-13-3-8-18(22)20-17(13)11-14(2)24(20)10-9-23-21(27)15-4-6-16(7-5-15)28-12-19(25)26/h3-8,11H,9-10,12H2,1-2H3,(H,23,27)(H,25,26). The number of fused-ring (bicyclic) bond motifs is 1. The molecule has 2 aromatic carbocycles. The molecular formula is C21H21FN2O4. The Kier molecular flexibility index (Phi) is 5.63. The number of hydrogen-bond acceptors (Lipinski definition) is 3. The lowest BCUT2D eigenvalue weighted by Crippen LogP contribution is -2.27. The molecule has 0 spiro atoms. The molecule has 0 saturated carbocycles. The fourth-order valence-corrected chi connectivity index (χ4v) is 3.12. The van der Waals surface area contributed by atoms with E-state index in [0.29, 0.717) is 29.9 Å². The van der Waals surface area contributed by atoms with Crippen molar-refractivity contribution in [3.8, 4) is 5.75 Å². The minimum absolute atomic E-state index is 0.268. The molecule has 0 aliphatic carbocycles. The number of aliphatic carboxylic acids is 1. The summed E-state index contributed by atoms with van der Waals surface area (Å²) in [5.41, 5.74) is 2.91. The zero-order valence-electron chi connectivity index (χ0n) is 15.7. The molecule has 3 aromatic rings. The number of nitrogens with one attached hydrogen (secondary N) is 1. The average Bonchev–Trinajstić information content (AvgIpc) is 3.01. The number of carboxylic acid groups (broad SMARTS) is 1. The molecule has 7 heteroatoms. The van der Waals surface area contributed by atoms with Crippen LogP contribution in [0.2, 0.25) is 0 Å². The van der Waals surface area contributed by atoms with Crippen LogP contribution >= 0.6 is 0 Å². The first-order valence-electron chi connectivity index (χ1n) is 8.84. The van der Waals surface area contributed by atoms with E-state index in [0.717, 1.165) is 16.6 Å². The second-order valence-corrected chi connectivity index (χ2v) is 6.53. The molecule has 146 valence electrons. The van der Waals surface area contributed by atoms with E-state index in [9.17, 15) is 14.0 Å². The molecule has 0 saturated heterocycles. The third kappa shape index (κ3) is 4.14. The van der Waals surface area contributed by atoms with E-state index in [4.69, 9.17) is 9.84 Å². The quantitative estimate of drug-likeness (QED) is 0.655. The van der Waals surface area contributed by atoms with E-state index in [1.54, 1.807) is 30.3 Å². The van der Waals surface area contributed by atoms with Crippen LogP contribution in [0.1, 0.15) is 21.6 Å². The first-order chi connectivity index (χ1) is 13.4. The predicted octanol–water partition coefficient (Wildman–Crippen LogP) is 3.29. The number of aromatic nitrogens is 1. The number of aryl methyl sites for hydroxylation is 2. The zero-order valence-corrected chi connectivity index (χ0v) is 15.7. The predicted molar refractivity (Wildman–Crippen MR) is 103 cm³/mol. The normalized spacial score (nSPS) is 10.8. The van der Waals surface area contributed by atoms with Crippen molar-refractivity contribution in [2.45, 2.75) is 20.4 Å². The molecule has 2 N–H and O–H groups in total. The average molecular weight is 384 g/mol. The Morgan fingerprint density at radius 2 is 1.86 bits per heavy atom. The van der Waals surface area contributed by atoms with Crippen LogP contribution in [-0.2, 0) is 11.3 Å². The molecule has 0 radical (unpaired) electrons. The lowest BCUT2D eigenvalue weighted by Gasteiger charge is -2.11. The van der Waals surface area contributed by atoms with E-state index in [-0.39, 0.29) is 11.7 Å². The summed E-state index contributed by atoms with van der Waals surface area (Å²) in [5.74, 6) is -1.24. The van der Waals surface area contributed by atoms with Gasteiger partial charge in [-0.3, -0.25) is 4.79 Å².